The fraction of sp³-hybridized carbons (Fsp3) is 0.545. The normalized spacial score (nSPS) is 21.1. The highest BCUT2D eigenvalue weighted by molar-refractivity contribution is 7.09. The summed E-state index contributed by atoms with van der Waals surface area (Å²) in [6, 6.07) is 11.7. The monoisotopic (exact) mass is 399 g/mol. The molecule has 1 aliphatic rings. The highest BCUT2D eigenvalue weighted by atomic mass is 32.1. The molecule has 1 fully saturated rings. The van der Waals surface area contributed by atoms with Gasteiger partial charge >= 0.3 is 0 Å². The van der Waals surface area contributed by atoms with Crippen LogP contribution in [0.4, 0.5) is 0 Å². The van der Waals surface area contributed by atoms with E-state index in [0.29, 0.717) is 18.6 Å². The Morgan fingerprint density at radius 2 is 2.04 bits per heavy atom. The number of hydrogen-bond donors (Lipinski definition) is 2. The van der Waals surface area contributed by atoms with Crippen molar-refractivity contribution < 1.29 is 0 Å². The molecule has 2 unspecified atom stereocenters. The lowest BCUT2D eigenvalue weighted by atomic mass is 9.93. The second-order valence-electron chi connectivity index (χ2n) is 8.64. The number of thiazole rings is 1. The van der Waals surface area contributed by atoms with Crippen molar-refractivity contribution in [1.29, 1.82) is 0 Å². The average Bonchev–Trinajstić information content (AvgIpc) is 3.26. The van der Waals surface area contributed by atoms with Crippen LogP contribution in [0.3, 0.4) is 0 Å². The minimum Gasteiger partial charge on any atom is -0.352 e. The molecule has 2 heterocycles. The molecule has 1 saturated heterocycles. The molecule has 6 heteroatoms. The Bertz CT molecular complexity index is 778. The van der Waals surface area contributed by atoms with Crippen LogP contribution in [-0.4, -0.2) is 41.5 Å². The first-order chi connectivity index (χ1) is 13.3. The van der Waals surface area contributed by atoms with Crippen molar-refractivity contribution in [2.75, 3.05) is 13.6 Å². The maximum atomic E-state index is 4.76. The second-order valence-corrected chi connectivity index (χ2v) is 9.59. The van der Waals surface area contributed by atoms with Crippen LogP contribution in [0.5, 0.6) is 0 Å². The van der Waals surface area contributed by atoms with Gasteiger partial charge in [-0.05, 0) is 18.9 Å². The standard InChI is InChI=1S/C22H33N5S/c1-16-11-18(14-27(16)13-17-9-7-6-8-10-17)25-21(23-5)24-12-20-26-19(15-28-20)22(2,3)4/h6-10,15-16,18H,11-14H2,1-5H3,(H2,23,24,25). The number of aromatic nitrogens is 1. The Hall–Kier alpha value is -1.92. The number of hydrogen-bond acceptors (Lipinski definition) is 4. The highest BCUT2D eigenvalue weighted by Gasteiger charge is 2.29. The predicted octanol–water partition coefficient (Wildman–Crippen LogP) is 3.77. The molecule has 3 rings (SSSR count). The van der Waals surface area contributed by atoms with E-state index in [9.17, 15) is 0 Å². The molecule has 5 nitrogen and oxygen atoms in total. The Kier molecular flexibility index (Phi) is 6.73. The van der Waals surface area contributed by atoms with Crippen LogP contribution in [-0.2, 0) is 18.5 Å². The number of guanidine groups is 1. The number of nitrogens with one attached hydrogen (secondary N) is 2. The zero-order chi connectivity index (χ0) is 20.1. The average molecular weight is 400 g/mol. The van der Waals surface area contributed by atoms with Gasteiger partial charge in [0.05, 0.1) is 12.2 Å². The topological polar surface area (TPSA) is 52.6 Å². The van der Waals surface area contributed by atoms with E-state index < -0.39 is 0 Å². The van der Waals surface area contributed by atoms with Gasteiger partial charge in [-0.15, -0.1) is 11.3 Å². The lowest BCUT2D eigenvalue weighted by molar-refractivity contribution is 0.258. The Morgan fingerprint density at radius 1 is 1.29 bits per heavy atom. The van der Waals surface area contributed by atoms with Crippen molar-refractivity contribution in [3.8, 4) is 0 Å². The molecular formula is C22H33N5S. The Balaban J connectivity index is 1.50. The van der Waals surface area contributed by atoms with Crippen LogP contribution in [0.25, 0.3) is 0 Å². The van der Waals surface area contributed by atoms with Gasteiger partial charge in [0.2, 0.25) is 0 Å². The lowest BCUT2D eigenvalue weighted by Crippen LogP contribution is -2.44. The van der Waals surface area contributed by atoms with Gasteiger partial charge in [0.1, 0.15) is 5.01 Å². The third-order valence-electron chi connectivity index (χ3n) is 5.22. The summed E-state index contributed by atoms with van der Waals surface area (Å²) >= 11 is 1.71. The molecule has 152 valence electrons. The highest BCUT2D eigenvalue weighted by Crippen LogP contribution is 2.24. The summed E-state index contributed by atoms with van der Waals surface area (Å²) in [5.41, 5.74) is 2.62. The fourth-order valence-electron chi connectivity index (χ4n) is 3.53. The van der Waals surface area contributed by atoms with Gasteiger partial charge in [0.25, 0.3) is 0 Å². The smallest absolute Gasteiger partial charge is 0.191 e. The third kappa shape index (κ3) is 5.55. The number of rotatable bonds is 5. The summed E-state index contributed by atoms with van der Waals surface area (Å²) in [6.45, 7) is 11.6. The minimum absolute atomic E-state index is 0.0941. The van der Waals surface area contributed by atoms with Crippen molar-refractivity contribution >= 4 is 17.3 Å². The molecule has 0 aliphatic carbocycles. The maximum Gasteiger partial charge on any atom is 0.191 e. The van der Waals surface area contributed by atoms with Gasteiger partial charge < -0.3 is 10.6 Å². The molecule has 0 bridgehead atoms. The maximum absolute atomic E-state index is 4.76. The third-order valence-corrected chi connectivity index (χ3v) is 6.07. The van der Waals surface area contributed by atoms with E-state index >= 15 is 0 Å². The van der Waals surface area contributed by atoms with Crippen LogP contribution >= 0.6 is 11.3 Å². The molecule has 28 heavy (non-hydrogen) atoms. The van der Waals surface area contributed by atoms with Gasteiger partial charge in [0, 0.05) is 43.0 Å². The van der Waals surface area contributed by atoms with E-state index in [2.05, 4.69) is 83.9 Å². The SMILES string of the molecule is CN=C(NCc1nc(C(C)(C)C)cs1)NC1CC(C)N(Cc2ccccc2)C1. The van der Waals surface area contributed by atoms with Crippen LogP contribution in [0.2, 0.25) is 0 Å². The van der Waals surface area contributed by atoms with Crippen molar-refractivity contribution in [2.45, 2.75) is 64.7 Å². The van der Waals surface area contributed by atoms with Gasteiger partial charge in [-0.3, -0.25) is 9.89 Å². The number of likely N-dealkylation sites (tertiary alicyclic amines) is 1. The van der Waals surface area contributed by atoms with Crippen molar-refractivity contribution in [3.05, 3.63) is 52.0 Å². The largest absolute Gasteiger partial charge is 0.352 e. The van der Waals surface area contributed by atoms with Crippen molar-refractivity contribution in [2.24, 2.45) is 4.99 Å². The molecular weight excluding hydrogens is 366 g/mol. The molecule has 1 aromatic carbocycles. The van der Waals surface area contributed by atoms with Crippen molar-refractivity contribution in [1.82, 2.24) is 20.5 Å². The number of aliphatic imine (C=N–C) groups is 1. The molecule has 0 saturated carbocycles. The Morgan fingerprint density at radius 3 is 2.68 bits per heavy atom. The van der Waals surface area contributed by atoms with E-state index in [4.69, 9.17) is 4.98 Å². The van der Waals surface area contributed by atoms with Crippen LogP contribution in [0, 0.1) is 0 Å². The predicted molar refractivity (Wildman–Crippen MR) is 119 cm³/mol. The summed E-state index contributed by atoms with van der Waals surface area (Å²) in [4.78, 5) is 11.7. The zero-order valence-corrected chi connectivity index (χ0v) is 18.5. The molecule has 1 aliphatic heterocycles. The van der Waals surface area contributed by atoms with Crippen LogP contribution in [0.1, 0.15) is 50.4 Å². The zero-order valence-electron chi connectivity index (χ0n) is 17.7. The van der Waals surface area contributed by atoms with Crippen LogP contribution < -0.4 is 10.6 Å². The van der Waals surface area contributed by atoms with E-state index in [-0.39, 0.29) is 5.41 Å². The van der Waals surface area contributed by atoms with E-state index in [1.807, 2.05) is 7.05 Å². The summed E-state index contributed by atoms with van der Waals surface area (Å²) in [7, 11) is 1.83. The number of benzene rings is 1. The summed E-state index contributed by atoms with van der Waals surface area (Å²) in [6.07, 6.45) is 1.12. The molecule has 2 aromatic rings. The molecule has 2 N–H and O–H groups in total. The van der Waals surface area contributed by atoms with Gasteiger partial charge in [-0.25, -0.2) is 4.98 Å². The summed E-state index contributed by atoms with van der Waals surface area (Å²) in [5.74, 6) is 0.853. The lowest BCUT2D eigenvalue weighted by Gasteiger charge is -2.21. The molecule has 0 spiro atoms. The van der Waals surface area contributed by atoms with Crippen LogP contribution in [0.15, 0.2) is 40.7 Å². The van der Waals surface area contributed by atoms with E-state index in [1.54, 1.807) is 11.3 Å². The molecule has 2 atom stereocenters. The summed E-state index contributed by atoms with van der Waals surface area (Å²) < 4.78 is 0. The van der Waals surface area contributed by atoms with Crippen molar-refractivity contribution in [3.63, 3.8) is 0 Å². The first-order valence-electron chi connectivity index (χ1n) is 10.0. The van der Waals surface area contributed by atoms with Gasteiger partial charge in [-0.1, -0.05) is 51.1 Å². The van der Waals surface area contributed by atoms with Gasteiger partial charge in [0.15, 0.2) is 5.96 Å². The van der Waals surface area contributed by atoms with E-state index in [0.717, 1.165) is 36.2 Å². The summed E-state index contributed by atoms with van der Waals surface area (Å²) in [5, 5.41) is 10.3. The minimum atomic E-state index is 0.0941. The fourth-order valence-corrected chi connectivity index (χ4v) is 4.49. The van der Waals surface area contributed by atoms with E-state index in [1.165, 1.54) is 5.56 Å². The quantitative estimate of drug-likeness (QED) is 0.594. The molecule has 0 radical (unpaired) electrons. The Labute approximate surface area is 173 Å². The van der Waals surface area contributed by atoms with Gasteiger partial charge in [-0.2, -0.15) is 0 Å². The first-order valence-corrected chi connectivity index (χ1v) is 10.9. The molecule has 1 aromatic heterocycles. The second kappa shape index (κ2) is 9.05. The first kappa shape index (κ1) is 20.8. The number of nitrogens with zero attached hydrogens (tertiary/aromatic N) is 3. The molecule has 0 amide bonds.